The first-order valence-corrected chi connectivity index (χ1v) is 12.0. The van der Waals surface area contributed by atoms with Gasteiger partial charge in [-0.3, -0.25) is 9.78 Å². The Labute approximate surface area is 192 Å². The van der Waals surface area contributed by atoms with E-state index in [1.807, 2.05) is 7.05 Å². The second-order valence-corrected chi connectivity index (χ2v) is 9.88. The van der Waals surface area contributed by atoms with Crippen LogP contribution in [0.4, 0.5) is 0 Å². The van der Waals surface area contributed by atoms with E-state index >= 15 is 0 Å². The van der Waals surface area contributed by atoms with E-state index in [1.165, 1.54) is 16.6 Å². The number of aromatic hydroxyl groups is 1. The van der Waals surface area contributed by atoms with Crippen molar-refractivity contribution in [3.05, 3.63) is 42.1 Å². The minimum Gasteiger partial charge on any atom is -0.494 e. The number of aromatic nitrogens is 2. The molecule has 11 heteroatoms. The van der Waals surface area contributed by atoms with Gasteiger partial charge in [-0.05, 0) is 37.4 Å². The standard InChI is InChI=1S/C22H27N5O5S/c1-26-8-10-27(11-9-26)33(30,31)16-4-6-19(24-14-16)20-17-13-15(21(28)23-7-12-32-2)3-5-18(17)25-22(20)29/h3-6,13-14,25,29H,7-12H2,1-2H3,(H,23,28). The zero-order chi connectivity index (χ0) is 23.6. The Balaban J connectivity index is 1.63. The number of aromatic amines is 1. The molecule has 0 spiro atoms. The predicted molar refractivity (Wildman–Crippen MR) is 124 cm³/mol. The number of rotatable bonds is 7. The van der Waals surface area contributed by atoms with Crippen molar-refractivity contribution in [3.63, 3.8) is 0 Å². The van der Waals surface area contributed by atoms with Gasteiger partial charge >= 0.3 is 0 Å². The number of H-pyrrole nitrogens is 1. The first kappa shape index (κ1) is 23.2. The molecule has 33 heavy (non-hydrogen) atoms. The van der Waals surface area contributed by atoms with Crippen LogP contribution >= 0.6 is 0 Å². The predicted octanol–water partition coefficient (Wildman–Crippen LogP) is 1.25. The van der Waals surface area contributed by atoms with Crippen LogP contribution in [-0.4, -0.2) is 92.1 Å². The number of fused-ring (bicyclic) bond motifs is 1. The molecule has 0 aliphatic carbocycles. The summed E-state index contributed by atoms with van der Waals surface area (Å²) in [6, 6.07) is 8.09. The summed E-state index contributed by atoms with van der Waals surface area (Å²) >= 11 is 0. The zero-order valence-corrected chi connectivity index (χ0v) is 19.4. The second kappa shape index (κ2) is 9.48. The van der Waals surface area contributed by atoms with Crippen LogP contribution in [-0.2, 0) is 14.8 Å². The highest BCUT2D eigenvalue weighted by atomic mass is 32.2. The molecule has 3 heterocycles. The lowest BCUT2D eigenvalue weighted by atomic mass is 10.1. The van der Waals surface area contributed by atoms with Gasteiger partial charge in [-0.25, -0.2) is 8.42 Å². The number of hydrogen-bond acceptors (Lipinski definition) is 7. The number of hydrogen-bond donors (Lipinski definition) is 3. The highest BCUT2D eigenvalue weighted by Crippen LogP contribution is 2.36. The van der Waals surface area contributed by atoms with Gasteiger partial charge in [-0.1, -0.05) is 0 Å². The van der Waals surface area contributed by atoms with Crippen molar-refractivity contribution in [2.45, 2.75) is 4.90 Å². The van der Waals surface area contributed by atoms with Crippen LogP contribution in [0.1, 0.15) is 10.4 Å². The van der Waals surface area contributed by atoms with Crippen LogP contribution in [0.3, 0.4) is 0 Å². The number of carbonyl (C=O) groups excluding carboxylic acids is 1. The minimum atomic E-state index is -3.64. The Hall–Kier alpha value is -2.99. The molecule has 3 N–H and O–H groups in total. The summed E-state index contributed by atoms with van der Waals surface area (Å²) < 4.78 is 32.3. The fraction of sp³-hybridized carbons (Fsp3) is 0.364. The van der Waals surface area contributed by atoms with Gasteiger partial charge in [0.25, 0.3) is 5.91 Å². The lowest BCUT2D eigenvalue weighted by Gasteiger charge is -2.31. The average Bonchev–Trinajstić information content (AvgIpc) is 3.14. The monoisotopic (exact) mass is 473 g/mol. The molecule has 2 aromatic heterocycles. The number of pyridine rings is 1. The van der Waals surface area contributed by atoms with Crippen molar-refractivity contribution in [1.82, 2.24) is 24.5 Å². The quantitative estimate of drug-likeness (QED) is 0.441. The topological polar surface area (TPSA) is 128 Å². The third kappa shape index (κ3) is 4.71. The molecule has 1 saturated heterocycles. The molecular formula is C22H27N5O5S. The molecule has 0 atom stereocenters. The van der Waals surface area contributed by atoms with Gasteiger partial charge in [0.1, 0.15) is 4.90 Å². The second-order valence-electron chi connectivity index (χ2n) is 7.94. The van der Waals surface area contributed by atoms with Crippen LogP contribution < -0.4 is 5.32 Å². The maximum Gasteiger partial charge on any atom is 0.251 e. The van der Waals surface area contributed by atoms with Crippen LogP contribution in [0.5, 0.6) is 5.88 Å². The normalized spacial score (nSPS) is 15.7. The molecule has 4 rings (SSSR count). The Kier molecular flexibility index (Phi) is 6.66. The van der Waals surface area contributed by atoms with E-state index in [-0.39, 0.29) is 16.7 Å². The summed E-state index contributed by atoms with van der Waals surface area (Å²) in [6.45, 7) is 2.99. The molecule has 1 aliphatic rings. The molecular weight excluding hydrogens is 446 g/mol. The number of benzene rings is 1. The fourth-order valence-corrected chi connectivity index (χ4v) is 5.17. The number of sulfonamides is 1. The van der Waals surface area contributed by atoms with Crippen LogP contribution in [0.15, 0.2) is 41.4 Å². The van der Waals surface area contributed by atoms with Crippen molar-refractivity contribution < 1.29 is 23.1 Å². The molecule has 176 valence electrons. The molecule has 10 nitrogen and oxygen atoms in total. The number of carbonyl (C=O) groups is 1. The van der Waals surface area contributed by atoms with E-state index in [2.05, 4.69) is 20.2 Å². The summed E-state index contributed by atoms with van der Waals surface area (Å²) in [7, 11) is -0.124. The minimum absolute atomic E-state index is 0.105. The van der Waals surface area contributed by atoms with Crippen molar-refractivity contribution in [3.8, 4) is 17.1 Å². The highest BCUT2D eigenvalue weighted by Gasteiger charge is 2.28. The first-order valence-electron chi connectivity index (χ1n) is 10.6. The van der Waals surface area contributed by atoms with Crippen molar-refractivity contribution in [1.29, 1.82) is 0 Å². The molecule has 0 saturated carbocycles. The molecule has 1 aromatic carbocycles. The summed E-state index contributed by atoms with van der Waals surface area (Å²) in [5.74, 6) is -0.369. The fourth-order valence-electron chi connectivity index (χ4n) is 3.81. The smallest absolute Gasteiger partial charge is 0.251 e. The number of nitrogens with one attached hydrogen (secondary N) is 2. The lowest BCUT2D eigenvalue weighted by molar-refractivity contribution is 0.0937. The van der Waals surface area contributed by atoms with Gasteiger partial charge in [0.05, 0.1) is 17.9 Å². The number of piperazine rings is 1. The highest BCUT2D eigenvalue weighted by molar-refractivity contribution is 7.89. The third-order valence-electron chi connectivity index (χ3n) is 5.73. The molecule has 1 fully saturated rings. The number of likely N-dealkylation sites (N-methyl/N-ethyl adjacent to an activating group) is 1. The molecule has 0 radical (unpaired) electrons. The van der Waals surface area contributed by atoms with Crippen LogP contribution in [0.25, 0.3) is 22.2 Å². The molecule has 0 unspecified atom stereocenters. The van der Waals surface area contributed by atoms with Gasteiger partial charge in [0.15, 0.2) is 5.88 Å². The third-order valence-corrected chi connectivity index (χ3v) is 7.61. The van der Waals surface area contributed by atoms with E-state index in [0.29, 0.717) is 67.1 Å². The van der Waals surface area contributed by atoms with Crippen molar-refractivity contribution in [2.75, 3.05) is 53.5 Å². The van der Waals surface area contributed by atoms with Gasteiger partial charge in [-0.2, -0.15) is 4.31 Å². The number of amides is 1. The molecule has 1 amide bonds. The van der Waals surface area contributed by atoms with E-state index < -0.39 is 10.0 Å². The first-order chi connectivity index (χ1) is 15.8. The van der Waals surface area contributed by atoms with Gasteiger partial charge < -0.3 is 25.0 Å². The number of ether oxygens (including phenoxy) is 1. The van der Waals surface area contributed by atoms with E-state index in [9.17, 15) is 18.3 Å². The molecule has 3 aromatic rings. The SMILES string of the molecule is COCCNC(=O)c1ccc2[nH]c(O)c(-c3ccc(S(=O)(=O)N4CCN(C)CC4)cn3)c2c1. The van der Waals surface area contributed by atoms with Crippen molar-refractivity contribution >= 4 is 26.8 Å². The maximum atomic E-state index is 13.0. The molecule has 1 aliphatic heterocycles. The summed E-state index contributed by atoms with van der Waals surface area (Å²) in [6.07, 6.45) is 1.31. The Morgan fingerprint density at radius 3 is 2.64 bits per heavy atom. The lowest BCUT2D eigenvalue weighted by Crippen LogP contribution is -2.47. The van der Waals surface area contributed by atoms with Gasteiger partial charge in [0.2, 0.25) is 10.0 Å². The number of methoxy groups -OCH3 is 1. The molecule has 0 bridgehead atoms. The van der Waals surface area contributed by atoms with Crippen LogP contribution in [0.2, 0.25) is 0 Å². The number of nitrogens with zero attached hydrogens (tertiary/aromatic N) is 3. The zero-order valence-electron chi connectivity index (χ0n) is 18.5. The van der Waals surface area contributed by atoms with Crippen molar-refractivity contribution in [2.24, 2.45) is 0 Å². The Morgan fingerprint density at radius 1 is 1.21 bits per heavy atom. The Bertz CT molecular complexity index is 1250. The van der Waals surface area contributed by atoms with E-state index in [4.69, 9.17) is 4.74 Å². The summed E-state index contributed by atoms with van der Waals surface area (Å²) in [5.41, 5.74) is 1.85. The van der Waals surface area contributed by atoms with E-state index in [0.717, 1.165) is 0 Å². The van der Waals surface area contributed by atoms with Crippen LogP contribution in [0, 0.1) is 0 Å². The largest absolute Gasteiger partial charge is 0.494 e. The van der Waals surface area contributed by atoms with Gasteiger partial charge in [0, 0.05) is 62.5 Å². The Morgan fingerprint density at radius 2 is 1.97 bits per heavy atom. The summed E-state index contributed by atoms with van der Waals surface area (Å²) in [4.78, 5) is 21.8. The average molecular weight is 474 g/mol. The van der Waals surface area contributed by atoms with Gasteiger partial charge in [-0.15, -0.1) is 0 Å². The summed E-state index contributed by atoms with van der Waals surface area (Å²) in [5, 5.41) is 13.9. The van der Waals surface area contributed by atoms with E-state index in [1.54, 1.807) is 31.4 Å². The maximum absolute atomic E-state index is 13.0.